The van der Waals surface area contributed by atoms with Gasteiger partial charge < -0.3 is 16.3 Å². The minimum Gasteiger partial charge on any atom is -0.409 e. The van der Waals surface area contributed by atoms with Crippen LogP contribution in [0.15, 0.2) is 5.16 Å². The number of nitrogens with zero attached hydrogens (tertiary/aromatic N) is 3. The fourth-order valence-corrected chi connectivity index (χ4v) is 2.46. The molecule has 0 aliphatic carbocycles. The summed E-state index contributed by atoms with van der Waals surface area (Å²) in [7, 11) is 0. The SMILES string of the molecule is CC(C)C(NC(=O)c1snnc1C(C)(C)C)C(N)=NO. The highest BCUT2D eigenvalue weighted by atomic mass is 32.1. The minimum atomic E-state index is -0.539. The second kappa shape index (κ2) is 6.17. The van der Waals surface area contributed by atoms with E-state index in [2.05, 4.69) is 20.1 Å². The van der Waals surface area contributed by atoms with Gasteiger partial charge in [0.25, 0.3) is 5.91 Å². The Morgan fingerprint density at radius 1 is 1.45 bits per heavy atom. The normalized spacial score (nSPS) is 14.4. The van der Waals surface area contributed by atoms with E-state index in [9.17, 15) is 4.79 Å². The Hall–Kier alpha value is -1.70. The number of amides is 1. The lowest BCUT2D eigenvalue weighted by Crippen LogP contribution is -2.48. The maximum absolute atomic E-state index is 12.3. The molecule has 1 unspecified atom stereocenters. The maximum atomic E-state index is 12.3. The fourth-order valence-electron chi connectivity index (χ4n) is 1.68. The van der Waals surface area contributed by atoms with Crippen LogP contribution in [0.4, 0.5) is 0 Å². The predicted molar refractivity (Wildman–Crippen MR) is 78.1 cm³/mol. The Bertz CT molecular complexity index is 504. The summed E-state index contributed by atoms with van der Waals surface area (Å²) in [5.41, 5.74) is 5.97. The van der Waals surface area contributed by atoms with E-state index in [4.69, 9.17) is 10.9 Å². The van der Waals surface area contributed by atoms with Gasteiger partial charge in [-0.05, 0) is 17.5 Å². The highest BCUT2D eigenvalue weighted by Gasteiger charge is 2.29. The lowest BCUT2D eigenvalue weighted by Gasteiger charge is -2.21. The van der Waals surface area contributed by atoms with E-state index < -0.39 is 6.04 Å². The van der Waals surface area contributed by atoms with Crippen molar-refractivity contribution in [1.82, 2.24) is 14.9 Å². The molecule has 112 valence electrons. The first-order chi connectivity index (χ1) is 9.18. The molecule has 1 amide bonds. The van der Waals surface area contributed by atoms with Crippen molar-refractivity contribution in [1.29, 1.82) is 0 Å². The Labute approximate surface area is 122 Å². The number of amidine groups is 1. The van der Waals surface area contributed by atoms with Crippen molar-refractivity contribution in [3.8, 4) is 0 Å². The number of hydrogen-bond donors (Lipinski definition) is 3. The first-order valence-corrected chi connectivity index (χ1v) is 7.07. The molecule has 0 saturated heterocycles. The third kappa shape index (κ3) is 3.66. The third-order valence-corrected chi connectivity index (χ3v) is 3.52. The van der Waals surface area contributed by atoms with Gasteiger partial charge in [0, 0.05) is 5.41 Å². The van der Waals surface area contributed by atoms with Gasteiger partial charge in [-0.1, -0.05) is 44.3 Å². The minimum absolute atomic E-state index is 0.00572. The molecule has 0 radical (unpaired) electrons. The van der Waals surface area contributed by atoms with Crippen LogP contribution >= 0.6 is 11.5 Å². The molecular formula is C12H21N5O2S. The zero-order valence-electron chi connectivity index (χ0n) is 12.3. The number of carbonyl (C=O) groups is 1. The van der Waals surface area contributed by atoms with Crippen molar-refractivity contribution in [3.05, 3.63) is 10.6 Å². The molecule has 0 aliphatic rings. The van der Waals surface area contributed by atoms with Gasteiger partial charge in [0.2, 0.25) is 0 Å². The number of aromatic nitrogens is 2. The summed E-state index contributed by atoms with van der Waals surface area (Å²) in [5, 5.41) is 18.5. The molecule has 0 saturated carbocycles. The molecule has 0 spiro atoms. The van der Waals surface area contributed by atoms with Crippen molar-refractivity contribution in [2.75, 3.05) is 0 Å². The summed E-state index contributed by atoms with van der Waals surface area (Å²) in [6.45, 7) is 9.63. The van der Waals surface area contributed by atoms with Gasteiger partial charge in [-0.25, -0.2) is 0 Å². The average Bonchev–Trinajstić information content (AvgIpc) is 2.83. The summed E-state index contributed by atoms with van der Waals surface area (Å²) in [5.74, 6) is -0.341. The molecule has 1 atom stereocenters. The number of hydrogen-bond acceptors (Lipinski definition) is 6. The van der Waals surface area contributed by atoms with Crippen LogP contribution in [0, 0.1) is 5.92 Å². The average molecular weight is 299 g/mol. The molecule has 0 aromatic carbocycles. The van der Waals surface area contributed by atoms with Gasteiger partial charge in [-0.3, -0.25) is 4.79 Å². The molecule has 8 heteroatoms. The van der Waals surface area contributed by atoms with Gasteiger partial charge in [0.15, 0.2) is 5.84 Å². The molecule has 7 nitrogen and oxygen atoms in total. The molecule has 1 rings (SSSR count). The van der Waals surface area contributed by atoms with Crippen LogP contribution in [0.1, 0.15) is 50.0 Å². The van der Waals surface area contributed by atoms with Gasteiger partial charge in [0.1, 0.15) is 4.88 Å². The molecule has 1 aromatic heterocycles. The van der Waals surface area contributed by atoms with Crippen molar-refractivity contribution in [2.24, 2.45) is 16.8 Å². The third-order valence-electron chi connectivity index (χ3n) is 2.79. The largest absolute Gasteiger partial charge is 0.409 e. The highest BCUT2D eigenvalue weighted by molar-refractivity contribution is 7.08. The van der Waals surface area contributed by atoms with Crippen LogP contribution in [0.5, 0.6) is 0 Å². The number of carbonyl (C=O) groups excluding carboxylic acids is 1. The molecule has 0 aliphatic heterocycles. The smallest absolute Gasteiger partial charge is 0.265 e. The van der Waals surface area contributed by atoms with Gasteiger partial charge >= 0.3 is 0 Å². The van der Waals surface area contributed by atoms with Gasteiger partial charge in [-0.2, -0.15) is 0 Å². The van der Waals surface area contributed by atoms with Crippen molar-refractivity contribution in [3.63, 3.8) is 0 Å². The predicted octanol–water partition coefficient (Wildman–Crippen LogP) is 1.34. The van der Waals surface area contributed by atoms with Crippen LogP contribution in [-0.2, 0) is 5.41 Å². The fraction of sp³-hybridized carbons (Fsp3) is 0.667. The Kier molecular flexibility index (Phi) is 5.04. The van der Waals surface area contributed by atoms with Crippen LogP contribution in [0.3, 0.4) is 0 Å². The van der Waals surface area contributed by atoms with E-state index in [0.717, 1.165) is 11.5 Å². The van der Waals surface area contributed by atoms with Crippen molar-refractivity contribution >= 4 is 23.3 Å². The summed E-state index contributed by atoms with van der Waals surface area (Å²) in [4.78, 5) is 12.8. The zero-order valence-corrected chi connectivity index (χ0v) is 13.2. The Morgan fingerprint density at radius 2 is 2.05 bits per heavy atom. The number of nitrogens with two attached hydrogens (primary N) is 1. The zero-order chi connectivity index (χ0) is 15.5. The summed E-state index contributed by atoms with van der Waals surface area (Å²) >= 11 is 1.04. The van der Waals surface area contributed by atoms with Gasteiger partial charge in [0.05, 0.1) is 11.7 Å². The molecular weight excluding hydrogens is 278 g/mol. The number of nitrogens with one attached hydrogen (secondary N) is 1. The van der Waals surface area contributed by atoms with Crippen LogP contribution in [0.25, 0.3) is 0 Å². The van der Waals surface area contributed by atoms with E-state index in [1.807, 2.05) is 34.6 Å². The lowest BCUT2D eigenvalue weighted by atomic mass is 9.91. The molecule has 1 aromatic rings. The van der Waals surface area contributed by atoms with Crippen LogP contribution in [0.2, 0.25) is 0 Å². The number of rotatable bonds is 4. The standard InChI is InChI=1S/C12H21N5O2S/c1-6(2)7(10(13)16-19)14-11(18)8-9(12(3,4)5)15-17-20-8/h6-7,19H,1-5H3,(H2,13,16)(H,14,18). The molecule has 4 N–H and O–H groups in total. The topological polar surface area (TPSA) is 113 Å². The summed E-state index contributed by atoms with van der Waals surface area (Å²) in [6.07, 6.45) is 0. The van der Waals surface area contributed by atoms with Crippen LogP contribution in [-0.4, -0.2) is 32.6 Å². The summed E-state index contributed by atoms with van der Waals surface area (Å²) < 4.78 is 3.85. The molecule has 1 heterocycles. The Balaban J connectivity index is 2.99. The van der Waals surface area contributed by atoms with E-state index in [1.165, 1.54) is 0 Å². The van der Waals surface area contributed by atoms with E-state index in [1.54, 1.807) is 0 Å². The van der Waals surface area contributed by atoms with E-state index in [-0.39, 0.29) is 23.1 Å². The highest BCUT2D eigenvalue weighted by Crippen LogP contribution is 2.25. The molecule has 0 bridgehead atoms. The maximum Gasteiger partial charge on any atom is 0.265 e. The first kappa shape index (κ1) is 16.4. The molecule has 20 heavy (non-hydrogen) atoms. The molecule has 0 fully saturated rings. The quantitative estimate of drug-likeness (QED) is 0.336. The van der Waals surface area contributed by atoms with Gasteiger partial charge in [-0.15, -0.1) is 5.10 Å². The summed E-state index contributed by atoms with van der Waals surface area (Å²) in [6, 6.07) is -0.539. The first-order valence-electron chi connectivity index (χ1n) is 6.29. The van der Waals surface area contributed by atoms with Crippen molar-refractivity contribution in [2.45, 2.75) is 46.1 Å². The number of oxime groups is 1. The monoisotopic (exact) mass is 299 g/mol. The van der Waals surface area contributed by atoms with Crippen molar-refractivity contribution < 1.29 is 10.0 Å². The van der Waals surface area contributed by atoms with E-state index in [0.29, 0.717) is 10.6 Å². The lowest BCUT2D eigenvalue weighted by molar-refractivity contribution is 0.0940. The second-order valence-electron chi connectivity index (χ2n) is 5.92. The Morgan fingerprint density at radius 3 is 2.50 bits per heavy atom. The van der Waals surface area contributed by atoms with Crippen LogP contribution < -0.4 is 11.1 Å². The second-order valence-corrected chi connectivity index (χ2v) is 6.67. The van der Waals surface area contributed by atoms with E-state index >= 15 is 0 Å².